The van der Waals surface area contributed by atoms with Crippen molar-refractivity contribution in [2.24, 2.45) is 0 Å². The highest BCUT2D eigenvalue weighted by Crippen LogP contribution is 2.33. The van der Waals surface area contributed by atoms with Gasteiger partial charge in [-0.1, -0.05) is 6.07 Å². The Hall–Kier alpha value is -3.16. The topological polar surface area (TPSA) is 81.9 Å². The Kier molecular flexibility index (Phi) is 4.51. The summed E-state index contributed by atoms with van der Waals surface area (Å²) in [6, 6.07) is 8.33. The summed E-state index contributed by atoms with van der Waals surface area (Å²) >= 11 is 0. The Morgan fingerprint density at radius 3 is 2.68 bits per heavy atom. The van der Waals surface area contributed by atoms with Crippen LogP contribution in [0, 0.1) is 15.9 Å². The summed E-state index contributed by atoms with van der Waals surface area (Å²) < 4.78 is 24.6. The van der Waals surface area contributed by atoms with E-state index in [1.54, 1.807) is 25.1 Å². The molecule has 130 valence electrons. The van der Waals surface area contributed by atoms with Gasteiger partial charge in [0.15, 0.2) is 11.5 Å². The highest BCUT2D eigenvalue weighted by atomic mass is 19.1. The van der Waals surface area contributed by atoms with E-state index in [4.69, 9.17) is 9.47 Å². The average Bonchev–Trinajstić information content (AvgIpc) is 3.06. The molecule has 3 rings (SSSR count). The van der Waals surface area contributed by atoms with Crippen LogP contribution in [0.15, 0.2) is 36.4 Å². The van der Waals surface area contributed by atoms with Gasteiger partial charge in [-0.2, -0.15) is 0 Å². The molecule has 25 heavy (non-hydrogen) atoms. The second kappa shape index (κ2) is 6.76. The number of nitro groups is 1. The summed E-state index contributed by atoms with van der Waals surface area (Å²) in [5, 5.41) is 10.7. The fourth-order valence-corrected chi connectivity index (χ4v) is 2.55. The van der Waals surface area contributed by atoms with Gasteiger partial charge in [0.2, 0.25) is 6.79 Å². The molecule has 0 spiro atoms. The number of non-ortho nitro benzene ring substituents is 1. The lowest BCUT2D eigenvalue weighted by atomic mass is 10.1. The van der Waals surface area contributed by atoms with Crippen LogP contribution in [0.2, 0.25) is 0 Å². The smallest absolute Gasteiger partial charge is 0.272 e. The molecular weight excluding hydrogens is 331 g/mol. The SMILES string of the molecule is CCN(Cc1ccc2c(c1)OCO2)C(=O)c1ccc([N+](=O)[O-])cc1F. The number of halogens is 1. The van der Waals surface area contributed by atoms with Crippen LogP contribution in [0.25, 0.3) is 0 Å². The van der Waals surface area contributed by atoms with Crippen molar-refractivity contribution in [2.75, 3.05) is 13.3 Å². The van der Waals surface area contributed by atoms with E-state index in [-0.39, 0.29) is 18.9 Å². The molecule has 1 aliphatic heterocycles. The van der Waals surface area contributed by atoms with Gasteiger partial charge in [0, 0.05) is 19.2 Å². The zero-order valence-corrected chi connectivity index (χ0v) is 13.4. The van der Waals surface area contributed by atoms with Gasteiger partial charge in [0.1, 0.15) is 5.82 Å². The van der Waals surface area contributed by atoms with Crippen LogP contribution in [0.5, 0.6) is 11.5 Å². The van der Waals surface area contributed by atoms with Gasteiger partial charge < -0.3 is 14.4 Å². The molecule has 0 radical (unpaired) electrons. The first-order valence-corrected chi connectivity index (χ1v) is 7.61. The number of ether oxygens (including phenoxy) is 2. The summed E-state index contributed by atoms with van der Waals surface area (Å²) in [4.78, 5) is 24.0. The highest BCUT2D eigenvalue weighted by Gasteiger charge is 2.22. The number of nitro benzene ring substituents is 1. The number of nitrogens with zero attached hydrogens (tertiary/aromatic N) is 2. The van der Waals surface area contributed by atoms with Gasteiger partial charge >= 0.3 is 0 Å². The van der Waals surface area contributed by atoms with Crippen LogP contribution in [-0.2, 0) is 6.54 Å². The maximum absolute atomic E-state index is 14.1. The first-order valence-electron chi connectivity index (χ1n) is 7.61. The lowest BCUT2D eigenvalue weighted by Crippen LogP contribution is -2.31. The molecule has 7 nitrogen and oxygen atoms in total. The van der Waals surface area contributed by atoms with Crippen molar-refractivity contribution in [1.82, 2.24) is 4.90 Å². The summed E-state index contributed by atoms with van der Waals surface area (Å²) in [6.45, 7) is 2.53. The third-order valence-corrected chi connectivity index (χ3v) is 3.87. The van der Waals surface area contributed by atoms with Gasteiger partial charge in [-0.05, 0) is 30.7 Å². The van der Waals surface area contributed by atoms with Crippen LogP contribution >= 0.6 is 0 Å². The van der Waals surface area contributed by atoms with E-state index in [1.807, 2.05) is 0 Å². The molecule has 1 amide bonds. The molecule has 0 saturated heterocycles. The van der Waals surface area contributed by atoms with E-state index >= 15 is 0 Å². The molecule has 0 aliphatic carbocycles. The van der Waals surface area contributed by atoms with Crippen molar-refractivity contribution < 1.29 is 23.6 Å². The summed E-state index contributed by atoms with van der Waals surface area (Å²) in [5.41, 5.74) is 0.211. The van der Waals surface area contributed by atoms with Crippen molar-refractivity contribution in [3.63, 3.8) is 0 Å². The molecule has 0 atom stereocenters. The molecule has 0 unspecified atom stereocenters. The third kappa shape index (κ3) is 3.37. The first-order chi connectivity index (χ1) is 12.0. The fourth-order valence-electron chi connectivity index (χ4n) is 2.55. The van der Waals surface area contributed by atoms with Crippen LogP contribution < -0.4 is 9.47 Å². The Morgan fingerprint density at radius 1 is 1.24 bits per heavy atom. The minimum Gasteiger partial charge on any atom is -0.454 e. The summed E-state index contributed by atoms with van der Waals surface area (Å²) in [7, 11) is 0. The van der Waals surface area contributed by atoms with Crippen molar-refractivity contribution in [3.8, 4) is 11.5 Å². The number of carbonyl (C=O) groups excluding carboxylic acids is 1. The highest BCUT2D eigenvalue weighted by molar-refractivity contribution is 5.94. The standard InChI is InChI=1S/C17H15FN2O5/c1-2-19(9-11-3-6-15-16(7-11)25-10-24-15)17(21)13-5-4-12(20(22)23)8-14(13)18/h3-8H,2,9-10H2,1H3. The predicted molar refractivity (Wildman–Crippen MR) is 86.0 cm³/mol. The lowest BCUT2D eigenvalue weighted by molar-refractivity contribution is -0.385. The van der Waals surface area contributed by atoms with Gasteiger partial charge in [-0.3, -0.25) is 14.9 Å². The molecule has 1 heterocycles. The fraction of sp³-hybridized carbons (Fsp3) is 0.235. The van der Waals surface area contributed by atoms with Crippen LogP contribution in [0.4, 0.5) is 10.1 Å². The van der Waals surface area contributed by atoms with Crippen LogP contribution in [0.3, 0.4) is 0 Å². The molecule has 8 heteroatoms. The number of benzene rings is 2. The number of amides is 1. The van der Waals surface area contributed by atoms with Gasteiger partial charge in [-0.15, -0.1) is 0 Å². The predicted octanol–water partition coefficient (Wildman–Crippen LogP) is 3.12. The Morgan fingerprint density at radius 2 is 2.00 bits per heavy atom. The van der Waals surface area contributed by atoms with Gasteiger partial charge in [0.25, 0.3) is 11.6 Å². The third-order valence-electron chi connectivity index (χ3n) is 3.87. The molecule has 0 fully saturated rings. The molecule has 0 bridgehead atoms. The zero-order valence-electron chi connectivity index (χ0n) is 13.4. The molecular formula is C17H15FN2O5. The summed E-state index contributed by atoms with van der Waals surface area (Å²) in [6.07, 6.45) is 0. The van der Waals surface area contributed by atoms with Crippen molar-refractivity contribution >= 4 is 11.6 Å². The number of fused-ring (bicyclic) bond motifs is 1. The summed E-state index contributed by atoms with van der Waals surface area (Å²) in [5.74, 6) is -0.210. The normalized spacial score (nSPS) is 12.1. The molecule has 0 saturated carbocycles. The van der Waals surface area contributed by atoms with Gasteiger partial charge in [-0.25, -0.2) is 4.39 Å². The molecule has 1 aliphatic rings. The number of hydrogen-bond donors (Lipinski definition) is 0. The maximum atomic E-state index is 14.1. The largest absolute Gasteiger partial charge is 0.454 e. The van der Waals surface area contributed by atoms with E-state index in [1.165, 1.54) is 4.90 Å². The van der Waals surface area contributed by atoms with Gasteiger partial charge in [0.05, 0.1) is 16.6 Å². The number of rotatable bonds is 5. The second-order valence-electron chi connectivity index (χ2n) is 5.43. The van der Waals surface area contributed by atoms with E-state index < -0.39 is 22.3 Å². The lowest BCUT2D eigenvalue weighted by Gasteiger charge is -2.21. The number of hydrogen-bond acceptors (Lipinski definition) is 5. The van der Waals surface area contributed by atoms with Crippen LogP contribution in [-0.4, -0.2) is 29.1 Å². The zero-order chi connectivity index (χ0) is 18.0. The maximum Gasteiger partial charge on any atom is 0.272 e. The van der Waals surface area contributed by atoms with Crippen LogP contribution in [0.1, 0.15) is 22.8 Å². The number of carbonyl (C=O) groups is 1. The molecule has 0 N–H and O–H groups in total. The van der Waals surface area contributed by atoms with Crippen molar-refractivity contribution in [3.05, 3.63) is 63.5 Å². The van der Waals surface area contributed by atoms with E-state index in [2.05, 4.69) is 0 Å². The Balaban J connectivity index is 1.81. The van der Waals surface area contributed by atoms with E-state index in [9.17, 15) is 19.3 Å². The first kappa shape index (κ1) is 16.7. The Bertz CT molecular complexity index is 840. The molecule has 2 aromatic carbocycles. The minimum absolute atomic E-state index is 0.156. The average molecular weight is 346 g/mol. The van der Waals surface area contributed by atoms with E-state index in [0.717, 1.165) is 23.8 Å². The monoisotopic (exact) mass is 346 g/mol. The molecule has 0 aromatic heterocycles. The quantitative estimate of drug-likeness (QED) is 0.614. The van der Waals surface area contributed by atoms with Crippen molar-refractivity contribution in [1.29, 1.82) is 0 Å². The van der Waals surface area contributed by atoms with Crippen molar-refractivity contribution in [2.45, 2.75) is 13.5 Å². The van der Waals surface area contributed by atoms with E-state index in [0.29, 0.717) is 18.0 Å². The minimum atomic E-state index is -0.914. The Labute approximate surface area is 142 Å². The second-order valence-corrected chi connectivity index (χ2v) is 5.43. The molecule has 2 aromatic rings.